The highest BCUT2D eigenvalue weighted by atomic mass is 16.5. The number of esters is 1. The van der Waals surface area contributed by atoms with E-state index in [1.54, 1.807) is 54.9 Å². The molecule has 0 saturated carbocycles. The monoisotopic (exact) mass is 471 g/mol. The van der Waals surface area contributed by atoms with Crippen LogP contribution in [0.3, 0.4) is 0 Å². The van der Waals surface area contributed by atoms with Crippen molar-refractivity contribution < 1.29 is 19.1 Å². The lowest BCUT2D eigenvalue weighted by Crippen LogP contribution is -2.12. The first kappa shape index (κ1) is 23.6. The molecule has 0 bridgehead atoms. The summed E-state index contributed by atoms with van der Waals surface area (Å²) in [6.07, 6.45) is 4.06. The summed E-state index contributed by atoms with van der Waals surface area (Å²) in [5.41, 5.74) is 4.80. The third kappa shape index (κ3) is 5.70. The number of amides is 1. The van der Waals surface area contributed by atoms with Crippen LogP contribution >= 0.6 is 0 Å². The second-order valence-corrected chi connectivity index (χ2v) is 7.80. The van der Waals surface area contributed by atoms with E-state index in [-0.39, 0.29) is 17.9 Å². The Kier molecular flexibility index (Phi) is 7.15. The van der Waals surface area contributed by atoms with E-state index in [0.717, 1.165) is 22.6 Å². The maximum atomic E-state index is 12.7. The molecule has 35 heavy (non-hydrogen) atoms. The lowest BCUT2D eigenvalue weighted by atomic mass is 10.1. The normalized spacial score (nSPS) is 10.6. The van der Waals surface area contributed by atoms with Crippen LogP contribution in [0.5, 0.6) is 11.8 Å². The molecule has 178 valence electrons. The summed E-state index contributed by atoms with van der Waals surface area (Å²) in [6, 6.07) is 16.1. The van der Waals surface area contributed by atoms with Crippen molar-refractivity contribution in [1.82, 2.24) is 19.7 Å². The van der Waals surface area contributed by atoms with Crippen LogP contribution in [-0.2, 0) is 16.0 Å². The predicted octanol–water partition coefficient (Wildman–Crippen LogP) is 4.43. The highest BCUT2D eigenvalue weighted by molar-refractivity contribution is 6.04. The number of hydrogen-bond donors (Lipinski definition) is 1. The molecule has 0 aliphatic rings. The lowest BCUT2D eigenvalue weighted by molar-refractivity contribution is -0.140. The van der Waals surface area contributed by atoms with Crippen LogP contribution in [0, 0.1) is 13.8 Å². The average Bonchev–Trinajstić information content (AvgIpc) is 3.17. The Morgan fingerprint density at radius 1 is 0.971 bits per heavy atom. The largest absolute Gasteiger partial charge is 0.469 e. The van der Waals surface area contributed by atoms with E-state index in [2.05, 4.69) is 20.4 Å². The Morgan fingerprint density at radius 3 is 2.31 bits per heavy atom. The maximum Gasteiger partial charge on any atom is 0.321 e. The van der Waals surface area contributed by atoms with Gasteiger partial charge in [0.15, 0.2) is 0 Å². The molecule has 0 saturated heterocycles. The zero-order valence-corrected chi connectivity index (χ0v) is 19.7. The van der Waals surface area contributed by atoms with Gasteiger partial charge in [-0.25, -0.2) is 14.6 Å². The van der Waals surface area contributed by atoms with Crippen molar-refractivity contribution >= 4 is 17.6 Å². The molecule has 0 aliphatic carbocycles. The molecule has 0 fully saturated rings. The van der Waals surface area contributed by atoms with Crippen LogP contribution in [-0.4, -0.2) is 38.7 Å². The van der Waals surface area contributed by atoms with Crippen molar-refractivity contribution in [2.45, 2.75) is 26.7 Å². The van der Waals surface area contributed by atoms with E-state index in [4.69, 9.17) is 9.47 Å². The summed E-state index contributed by atoms with van der Waals surface area (Å²) in [5.74, 6) is 0.0810. The number of anilines is 1. The topological polar surface area (TPSA) is 108 Å². The van der Waals surface area contributed by atoms with Crippen molar-refractivity contribution in [3.05, 3.63) is 89.5 Å². The molecule has 2 aromatic heterocycles. The zero-order chi connectivity index (χ0) is 24.8. The molecule has 9 heteroatoms. The van der Waals surface area contributed by atoms with Gasteiger partial charge in [-0.15, -0.1) is 0 Å². The number of methoxy groups -OCH3 is 1. The molecule has 0 atom stereocenters. The molecule has 0 spiro atoms. The first-order valence-electron chi connectivity index (χ1n) is 11.0. The fourth-order valence-electron chi connectivity index (χ4n) is 3.62. The van der Waals surface area contributed by atoms with Gasteiger partial charge in [0.1, 0.15) is 5.75 Å². The second-order valence-electron chi connectivity index (χ2n) is 7.80. The van der Waals surface area contributed by atoms with Gasteiger partial charge in [-0.1, -0.05) is 0 Å². The van der Waals surface area contributed by atoms with Crippen LogP contribution in [0.15, 0.2) is 67.0 Å². The highest BCUT2D eigenvalue weighted by Crippen LogP contribution is 2.22. The quantitative estimate of drug-likeness (QED) is 0.379. The number of nitrogens with zero attached hydrogens (tertiary/aromatic N) is 4. The fourth-order valence-corrected chi connectivity index (χ4v) is 3.62. The van der Waals surface area contributed by atoms with Crippen molar-refractivity contribution in [3.63, 3.8) is 0 Å². The van der Waals surface area contributed by atoms with E-state index in [1.807, 2.05) is 30.7 Å². The number of carbonyl (C=O) groups excluding carboxylic acids is 2. The van der Waals surface area contributed by atoms with Crippen LogP contribution in [0.4, 0.5) is 5.69 Å². The molecule has 4 rings (SSSR count). The summed E-state index contributed by atoms with van der Waals surface area (Å²) in [4.78, 5) is 32.3. The number of ether oxygens (including phenoxy) is 2. The Balaban J connectivity index is 1.41. The van der Waals surface area contributed by atoms with E-state index in [0.29, 0.717) is 29.8 Å². The molecule has 0 unspecified atom stereocenters. The van der Waals surface area contributed by atoms with Gasteiger partial charge in [0.05, 0.1) is 18.5 Å². The van der Waals surface area contributed by atoms with Crippen molar-refractivity contribution in [3.8, 4) is 17.4 Å². The molecular formula is C26H25N5O4. The summed E-state index contributed by atoms with van der Waals surface area (Å²) in [6.45, 7) is 3.88. The van der Waals surface area contributed by atoms with Crippen LogP contribution in [0.2, 0.25) is 0 Å². The smallest absolute Gasteiger partial charge is 0.321 e. The summed E-state index contributed by atoms with van der Waals surface area (Å²) in [7, 11) is 1.38. The van der Waals surface area contributed by atoms with Gasteiger partial charge in [-0.3, -0.25) is 9.59 Å². The van der Waals surface area contributed by atoms with Crippen molar-refractivity contribution in [1.29, 1.82) is 0 Å². The van der Waals surface area contributed by atoms with E-state index in [9.17, 15) is 9.59 Å². The summed E-state index contributed by atoms with van der Waals surface area (Å²) >= 11 is 0. The van der Waals surface area contributed by atoms with Gasteiger partial charge >= 0.3 is 12.0 Å². The minimum atomic E-state index is -0.251. The number of aromatic nitrogens is 4. The predicted molar refractivity (Wildman–Crippen MR) is 130 cm³/mol. The minimum absolute atomic E-state index is 0.233. The van der Waals surface area contributed by atoms with Gasteiger partial charge in [0.25, 0.3) is 5.91 Å². The van der Waals surface area contributed by atoms with E-state index >= 15 is 0 Å². The highest BCUT2D eigenvalue weighted by Gasteiger charge is 2.15. The van der Waals surface area contributed by atoms with Crippen molar-refractivity contribution in [2.75, 3.05) is 12.4 Å². The molecule has 1 amide bonds. The Hall–Kier alpha value is -4.53. The average molecular weight is 472 g/mol. The van der Waals surface area contributed by atoms with Crippen LogP contribution < -0.4 is 10.1 Å². The molecule has 2 heterocycles. The minimum Gasteiger partial charge on any atom is -0.469 e. The molecule has 2 aromatic carbocycles. The third-order valence-corrected chi connectivity index (χ3v) is 5.49. The first-order chi connectivity index (χ1) is 16.9. The Labute approximate surface area is 202 Å². The number of nitrogens with one attached hydrogen (secondary N) is 1. The van der Waals surface area contributed by atoms with E-state index in [1.165, 1.54) is 7.11 Å². The van der Waals surface area contributed by atoms with Crippen LogP contribution in [0.1, 0.15) is 33.7 Å². The van der Waals surface area contributed by atoms with Gasteiger partial charge < -0.3 is 14.8 Å². The van der Waals surface area contributed by atoms with Gasteiger partial charge in [0, 0.05) is 35.8 Å². The van der Waals surface area contributed by atoms with Gasteiger partial charge in [-0.2, -0.15) is 5.10 Å². The molecule has 0 radical (unpaired) electrons. The molecule has 9 nitrogen and oxygen atoms in total. The molecule has 1 N–H and O–H groups in total. The number of hydrogen-bond acceptors (Lipinski definition) is 7. The summed E-state index contributed by atoms with van der Waals surface area (Å²) < 4.78 is 12.1. The Bertz CT molecular complexity index is 1320. The van der Waals surface area contributed by atoms with Gasteiger partial charge in [-0.05, 0) is 80.4 Å². The standard InChI is InChI=1S/C26H25N5O4/c1-17-23(13-14-24(32)34-3)18(2)31(30-17)21-9-5-19(6-10-21)25(33)29-20-7-11-22(12-8-20)35-26-27-15-4-16-28-26/h4-12,15-16H,13-14H2,1-3H3,(H,29,33). The third-order valence-electron chi connectivity index (χ3n) is 5.49. The zero-order valence-electron chi connectivity index (χ0n) is 19.7. The fraction of sp³-hybridized carbons (Fsp3) is 0.192. The molecule has 0 aliphatic heterocycles. The lowest BCUT2D eigenvalue weighted by Gasteiger charge is -2.09. The number of benzene rings is 2. The maximum absolute atomic E-state index is 12.7. The number of aryl methyl sites for hydroxylation is 1. The second kappa shape index (κ2) is 10.6. The Morgan fingerprint density at radius 2 is 1.66 bits per heavy atom. The van der Waals surface area contributed by atoms with E-state index < -0.39 is 0 Å². The van der Waals surface area contributed by atoms with Gasteiger partial charge in [0.2, 0.25) is 0 Å². The molecule has 4 aromatic rings. The SMILES string of the molecule is COC(=O)CCc1c(C)nn(-c2ccc(C(=O)Nc3ccc(Oc4ncccn4)cc3)cc2)c1C. The van der Waals surface area contributed by atoms with Crippen LogP contribution in [0.25, 0.3) is 5.69 Å². The number of carbonyl (C=O) groups is 2. The molecular weight excluding hydrogens is 446 g/mol. The first-order valence-corrected chi connectivity index (χ1v) is 11.0. The number of rotatable bonds is 8. The van der Waals surface area contributed by atoms with Crippen molar-refractivity contribution in [2.24, 2.45) is 0 Å². The summed E-state index contributed by atoms with van der Waals surface area (Å²) in [5, 5.41) is 7.48.